The fourth-order valence-corrected chi connectivity index (χ4v) is 2.78. The number of pyridine rings is 1. The second-order valence-corrected chi connectivity index (χ2v) is 6.51. The molecule has 5 N–H and O–H groups in total. The van der Waals surface area contributed by atoms with Crippen LogP contribution in [0.15, 0.2) is 30.3 Å². The van der Waals surface area contributed by atoms with Crippen molar-refractivity contribution in [3.05, 3.63) is 47.4 Å². The summed E-state index contributed by atoms with van der Waals surface area (Å²) in [5.74, 6) is -0.313. The predicted molar refractivity (Wildman–Crippen MR) is 85.7 cm³/mol. The number of aromatic nitrogens is 1. The van der Waals surface area contributed by atoms with Crippen LogP contribution in [0.1, 0.15) is 18.2 Å². The zero-order valence-electron chi connectivity index (χ0n) is 13.8. The minimum Gasteiger partial charge on any atom is -0.489 e. The van der Waals surface area contributed by atoms with E-state index in [9.17, 15) is 22.7 Å². The maximum atomic E-state index is 13.4. The smallest absolute Gasteiger partial charge is 0.424 e. The maximum Gasteiger partial charge on any atom is 0.424 e. The second-order valence-electron chi connectivity index (χ2n) is 6.51. The SMILES string of the molecule is C[C@@]1(N)COc2c1cc([C@](O)(CN)C(F)(F)F)nc2-c1ccc(F)cc1. The Morgan fingerprint density at radius 2 is 1.88 bits per heavy atom. The number of alkyl halides is 3. The van der Waals surface area contributed by atoms with Crippen molar-refractivity contribution >= 4 is 0 Å². The molecular formula is C17H17F4N3O2. The van der Waals surface area contributed by atoms with Crippen molar-refractivity contribution in [1.29, 1.82) is 0 Å². The van der Waals surface area contributed by atoms with E-state index in [1.165, 1.54) is 12.1 Å². The quantitative estimate of drug-likeness (QED) is 0.719. The van der Waals surface area contributed by atoms with E-state index < -0.39 is 35.4 Å². The van der Waals surface area contributed by atoms with Gasteiger partial charge in [-0.2, -0.15) is 13.2 Å². The van der Waals surface area contributed by atoms with Gasteiger partial charge in [0.1, 0.15) is 18.1 Å². The Balaban J connectivity index is 2.29. The zero-order chi connectivity index (χ0) is 19.3. The van der Waals surface area contributed by atoms with Crippen LogP contribution in [-0.4, -0.2) is 29.4 Å². The molecule has 0 bridgehead atoms. The highest BCUT2D eigenvalue weighted by Crippen LogP contribution is 2.45. The van der Waals surface area contributed by atoms with E-state index in [-0.39, 0.29) is 23.6 Å². The highest BCUT2D eigenvalue weighted by atomic mass is 19.4. The minimum atomic E-state index is -5.05. The van der Waals surface area contributed by atoms with Crippen molar-refractivity contribution in [3.63, 3.8) is 0 Å². The van der Waals surface area contributed by atoms with Gasteiger partial charge in [-0.05, 0) is 37.3 Å². The Morgan fingerprint density at radius 3 is 2.42 bits per heavy atom. The lowest BCUT2D eigenvalue weighted by Gasteiger charge is -2.30. The van der Waals surface area contributed by atoms with E-state index in [1.807, 2.05) is 0 Å². The van der Waals surface area contributed by atoms with Gasteiger partial charge in [0.15, 0.2) is 5.75 Å². The molecule has 2 heterocycles. The summed E-state index contributed by atoms with van der Waals surface area (Å²) in [5, 5.41) is 10.2. The third-order valence-corrected chi connectivity index (χ3v) is 4.41. The molecule has 0 radical (unpaired) electrons. The molecule has 5 nitrogen and oxygen atoms in total. The van der Waals surface area contributed by atoms with Crippen molar-refractivity contribution in [3.8, 4) is 17.0 Å². The van der Waals surface area contributed by atoms with E-state index in [1.54, 1.807) is 6.92 Å². The van der Waals surface area contributed by atoms with Gasteiger partial charge in [0.2, 0.25) is 5.60 Å². The fourth-order valence-electron chi connectivity index (χ4n) is 2.78. The van der Waals surface area contributed by atoms with Gasteiger partial charge in [0, 0.05) is 17.7 Å². The Labute approximate surface area is 146 Å². The molecule has 0 amide bonds. The van der Waals surface area contributed by atoms with Gasteiger partial charge in [-0.3, -0.25) is 0 Å². The van der Waals surface area contributed by atoms with Crippen LogP contribution in [0.5, 0.6) is 5.75 Å². The van der Waals surface area contributed by atoms with E-state index in [4.69, 9.17) is 16.2 Å². The molecule has 0 saturated carbocycles. The van der Waals surface area contributed by atoms with Crippen LogP contribution < -0.4 is 16.2 Å². The van der Waals surface area contributed by atoms with E-state index >= 15 is 0 Å². The first kappa shape index (κ1) is 18.6. The van der Waals surface area contributed by atoms with Crippen LogP contribution in [0.3, 0.4) is 0 Å². The van der Waals surface area contributed by atoms with Gasteiger partial charge in [-0.15, -0.1) is 0 Å². The van der Waals surface area contributed by atoms with Crippen LogP contribution >= 0.6 is 0 Å². The molecule has 2 aromatic rings. The lowest BCUT2D eigenvalue weighted by molar-refractivity contribution is -0.263. The average Bonchev–Trinajstić information content (AvgIpc) is 2.88. The van der Waals surface area contributed by atoms with E-state index in [2.05, 4.69) is 4.98 Å². The highest BCUT2D eigenvalue weighted by molar-refractivity contribution is 5.70. The molecule has 1 aromatic carbocycles. The van der Waals surface area contributed by atoms with Crippen LogP contribution in [0.25, 0.3) is 11.3 Å². The molecule has 0 fully saturated rings. The number of ether oxygens (including phenoxy) is 1. The number of hydrogen-bond donors (Lipinski definition) is 3. The summed E-state index contributed by atoms with van der Waals surface area (Å²) < 4.78 is 59.1. The molecule has 3 rings (SSSR count). The zero-order valence-corrected chi connectivity index (χ0v) is 13.8. The number of rotatable bonds is 3. The largest absolute Gasteiger partial charge is 0.489 e. The lowest BCUT2D eigenvalue weighted by atomic mass is 9.89. The van der Waals surface area contributed by atoms with Crippen LogP contribution in [0.4, 0.5) is 17.6 Å². The topological polar surface area (TPSA) is 94.4 Å². The van der Waals surface area contributed by atoms with Crippen molar-refractivity contribution in [2.75, 3.05) is 13.2 Å². The summed E-state index contributed by atoms with van der Waals surface area (Å²) in [6, 6.07) is 6.06. The first-order valence-corrected chi connectivity index (χ1v) is 7.72. The molecule has 0 unspecified atom stereocenters. The molecule has 9 heteroatoms. The third kappa shape index (κ3) is 2.81. The molecular weight excluding hydrogens is 354 g/mol. The normalized spacial score (nSPS) is 21.8. The summed E-state index contributed by atoms with van der Waals surface area (Å²) in [6.07, 6.45) is -5.05. The molecule has 26 heavy (non-hydrogen) atoms. The summed E-state index contributed by atoms with van der Waals surface area (Å²) in [4.78, 5) is 3.97. The standard InChI is InChI=1S/C17H17F4N3O2/c1-15(23)8-26-14-11(15)6-12(16(25,7-22)17(19,20)21)24-13(14)9-2-4-10(18)5-3-9/h2-6,25H,7-8,22-23H2,1H3/t15-,16-/m1/s1. The molecule has 2 atom stereocenters. The summed E-state index contributed by atoms with van der Waals surface area (Å²) >= 11 is 0. The number of nitrogens with two attached hydrogens (primary N) is 2. The molecule has 1 aliphatic heterocycles. The second kappa shape index (κ2) is 5.90. The lowest BCUT2D eigenvalue weighted by Crippen LogP contribution is -2.49. The number of benzene rings is 1. The minimum absolute atomic E-state index is 0.0226. The molecule has 0 aliphatic carbocycles. The van der Waals surface area contributed by atoms with Crippen LogP contribution in [0, 0.1) is 5.82 Å². The van der Waals surface area contributed by atoms with Crippen molar-refractivity contribution in [2.45, 2.75) is 24.2 Å². The van der Waals surface area contributed by atoms with Gasteiger partial charge in [-0.25, -0.2) is 9.37 Å². The maximum absolute atomic E-state index is 13.4. The Hall–Kier alpha value is -2.23. The molecule has 1 aliphatic rings. The number of aliphatic hydroxyl groups is 1. The summed E-state index contributed by atoms with van der Waals surface area (Å²) in [5.41, 5.74) is 6.84. The van der Waals surface area contributed by atoms with Crippen LogP contribution in [0.2, 0.25) is 0 Å². The van der Waals surface area contributed by atoms with Gasteiger partial charge in [0.05, 0.1) is 11.2 Å². The molecule has 1 aromatic heterocycles. The average molecular weight is 371 g/mol. The Kier molecular flexibility index (Phi) is 4.21. The van der Waals surface area contributed by atoms with Crippen molar-refractivity contribution in [2.24, 2.45) is 11.5 Å². The third-order valence-electron chi connectivity index (χ3n) is 4.41. The number of halogens is 4. The number of hydrogen-bond acceptors (Lipinski definition) is 5. The van der Waals surface area contributed by atoms with Gasteiger partial charge < -0.3 is 21.3 Å². The predicted octanol–water partition coefficient (Wildman–Crippen LogP) is 2.16. The first-order chi connectivity index (χ1) is 12.0. The summed E-state index contributed by atoms with van der Waals surface area (Å²) in [7, 11) is 0. The van der Waals surface area contributed by atoms with Crippen molar-refractivity contribution in [1.82, 2.24) is 4.98 Å². The fraction of sp³-hybridized carbons (Fsp3) is 0.353. The van der Waals surface area contributed by atoms with Crippen LogP contribution in [-0.2, 0) is 11.1 Å². The van der Waals surface area contributed by atoms with E-state index in [0.29, 0.717) is 5.56 Å². The monoisotopic (exact) mass is 371 g/mol. The Morgan fingerprint density at radius 1 is 1.27 bits per heavy atom. The molecule has 140 valence electrons. The van der Waals surface area contributed by atoms with E-state index in [0.717, 1.165) is 18.2 Å². The highest BCUT2D eigenvalue weighted by Gasteiger charge is 2.56. The van der Waals surface area contributed by atoms with Gasteiger partial charge in [0.25, 0.3) is 0 Å². The first-order valence-electron chi connectivity index (χ1n) is 7.72. The number of fused-ring (bicyclic) bond motifs is 1. The Bertz CT molecular complexity index is 837. The summed E-state index contributed by atoms with van der Waals surface area (Å²) in [6.45, 7) is 0.494. The van der Waals surface area contributed by atoms with Gasteiger partial charge in [-0.1, -0.05) is 0 Å². The molecule has 0 saturated heterocycles. The van der Waals surface area contributed by atoms with Gasteiger partial charge >= 0.3 is 6.18 Å². The molecule has 0 spiro atoms. The number of nitrogens with zero attached hydrogens (tertiary/aromatic N) is 1. The van der Waals surface area contributed by atoms with Crippen molar-refractivity contribution < 1.29 is 27.4 Å².